The van der Waals surface area contributed by atoms with Crippen LogP contribution in [-0.4, -0.2) is 119 Å². The van der Waals surface area contributed by atoms with Gasteiger partial charge < -0.3 is 58.7 Å². The quantitative estimate of drug-likeness (QED) is 0.0855. The van der Waals surface area contributed by atoms with Crippen LogP contribution in [0.5, 0.6) is 0 Å². The summed E-state index contributed by atoms with van der Waals surface area (Å²) in [5.41, 5.74) is 3.20. The van der Waals surface area contributed by atoms with E-state index < -0.39 is 79.8 Å². The second-order valence-electron chi connectivity index (χ2n) is 13.6. The number of rotatable bonds is 15. The zero-order valence-electron chi connectivity index (χ0n) is 32.6. The summed E-state index contributed by atoms with van der Waals surface area (Å²) in [6.07, 6.45) is -12.0. The molecule has 0 spiro atoms. The van der Waals surface area contributed by atoms with Crippen LogP contribution >= 0.6 is 0 Å². The van der Waals surface area contributed by atoms with Crippen LogP contribution in [-0.2, 0) is 59.6 Å². The van der Waals surface area contributed by atoms with E-state index in [1.54, 1.807) is 36.4 Å². The molecule has 0 radical (unpaired) electrons. The number of ether oxygens (including phenoxy) is 7. The zero-order valence-corrected chi connectivity index (χ0v) is 32.6. The van der Waals surface area contributed by atoms with Crippen LogP contribution < -0.4 is 0 Å². The van der Waals surface area contributed by atoms with Crippen molar-refractivity contribution in [3.8, 4) is 0 Å². The Bertz CT molecular complexity index is 2050. The fraction of sp³-hybridized carbons (Fsp3) is 0.349. The summed E-state index contributed by atoms with van der Waals surface area (Å²) in [5, 5.41) is 45.9. The molecule has 18 heteroatoms. The van der Waals surface area contributed by atoms with Gasteiger partial charge in [0.25, 0.3) is 0 Å². The van der Waals surface area contributed by atoms with Gasteiger partial charge in [-0.15, -0.1) is 0 Å². The van der Waals surface area contributed by atoms with E-state index in [4.69, 9.17) is 53.6 Å². The van der Waals surface area contributed by atoms with Gasteiger partial charge in [0.1, 0.15) is 25.4 Å². The Morgan fingerprint density at radius 3 is 1.15 bits per heavy atom. The number of carbonyl (C=O) groups is 4. The number of alkyl halides is 2. The molecule has 0 amide bonds. The van der Waals surface area contributed by atoms with Gasteiger partial charge in [-0.3, -0.25) is 0 Å². The summed E-state index contributed by atoms with van der Waals surface area (Å²) in [4.78, 5) is 49.1. The molecule has 0 aliphatic carbocycles. The van der Waals surface area contributed by atoms with E-state index in [0.29, 0.717) is 22.3 Å². The van der Waals surface area contributed by atoms with Gasteiger partial charge in [-0.05, 0) is 70.8 Å². The SMILES string of the molecule is COC1O[C@H](COC(=O)c2ccc(CO)cc2)[C@@H](OC(=O)c2ccc(CO)cc2)[C@@H]1F.O=C(OC[C@H]1OC(O)[C@@H](F)[C@@H]1OC(=O)c1ccc(CO)cc1)c1ccc(CO)cc1. The Morgan fingerprint density at radius 2 is 0.820 bits per heavy atom. The first kappa shape index (κ1) is 46.4. The minimum Gasteiger partial charge on any atom is -0.459 e. The largest absolute Gasteiger partial charge is 0.459 e. The average molecular weight is 855 g/mol. The highest BCUT2D eigenvalue weighted by Crippen LogP contribution is 2.29. The van der Waals surface area contributed by atoms with Crippen molar-refractivity contribution in [1.82, 2.24) is 0 Å². The first-order valence-corrected chi connectivity index (χ1v) is 18.7. The molecule has 0 bridgehead atoms. The van der Waals surface area contributed by atoms with E-state index in [-0.39, 0.29) is 55.3 Å². The Morgan fingerprint density at radius 1 is 0.508 bits per heavy atom. The lowest BCUT2D eigenvalue weighted by molar-refractivity contribution is -0.142. The second kappa shape index (κ2) is 22.2. The number of aliphatic hydroxyl groups is 5. The predicted molar refractivity (Wildman–Crippen MR) is 205 cm³/mol. The number of methoxy groups -OCH3 is 1. The second-order valence-corrected chi connectivity index (χ2v) is 13.6. The molecule has 61 heavy (non-hydrogen) atoms. The van der Waals surface area contributed by atoms with Crippen molar-refractivity contribution in [3.05, 3.63) is 142 Å². The highest BCUT2D eigenvalue weighted by molar-refractivity contribution is 5.91. The highest BCUT2D eigenvalue weighted by atomic mass is 19.1. The van der Waals surface area contributed by atoms with E-state index in [9.17, 15) is 33.1 Å². The van der Waals surface area contributed by atoms with E-state index >= 15 is 0 Å². The van der Waals surface area contributed by atoms with Crippen LogP contribution in [0.3, 0.4) is 0 Å². The van der Waals surface area contributed by atoms with Gasteiger partial charge in [0.15, 0.2) is 37.1 Å². The molecule has 4 aromatic rings. The van der Waals surface area contributed by atoms with Crippen LogP contribution in [0.25, 0.3) is 0 Å². The molecule has 0 saturated carbocycles. The van der Waals surface area contributed by atoms with Crippen molar-refractivity contribution in [3.63, 3.8) is 0 Å². The summed E-state index contributed by atoms with van der Waals surface area (Å²) < 4.78 is 65.2. The smallest absolute Gasteiger partial charge is 0.338 e. The molecule has 2 saturated heterocycles. The molecule has 8 atom stereocenters. The Labute approximate surface area is 347 Å². The number of esters is 4. The van der Waals surface area contributed by atoms with Gasteiger partial charge in [0.05, 0.1) is 48.7 Å². The van der Waals surface area contributed by atoms with Crippen molar-refractivity contribution in [2.24, 2.45) is 0 Å². The number of hydrogen-bond donors (Lipinski definition) is 5. The normalized spacial score (nSPS) is 23.0. The molecule has 6 rings (SSSR count). The van der Waals surface area contributed by atoms with Gasteiger partial charge in [-0.2, -0.15) is 0 Å². The summed E-state index contributed by atoms with van der Waals surface area (Å²) in [7, 11) is 1.25. The van der Waals surface area contributed by atoms with Crippen LogP contribution in [0.15, 0.2) is 97.1 Å². The molecule has 2 aliphatic rings. The molecule has 2 unspecified atom stereocenters. The lowest BCUT2D eigenvalue weighted by atomic mass is 10.1. The molecule has 326 valence electrons. The van der Waals surface area contributed by atoms with Gasteiger partial charge >= 0.3 is 23.9 Å². The Hall–Kier alpha value is -5.70. The minimum absolute atomic E-state index is 0.125. The lowest BCUT2D eigenvalue weighted by Crippen LogP contribution is -2.37. The first-order valence-electron chi connectivity index (χ1n) is 18.7. The van der Waals surface area contributed by atoms with Crippen LogP contribution in [0.4, 0.5) is 8.78 Å². The molecule has 2 fully saturated rings. The molecular weight excluding hydrogens is 810 g/mol. The van der Waals surface area contributed by atoms with E-state index in [1.165, 1.54) is 67.8 Å². The first-order chi connectivity index (χ1) is 29.4. The summed E-state index contributed by atoms with van der Waals surface area (Å²) in [5.74, 6) is -3.02. The van der Waals surface area contributed by atoms with E-state index in [1.807, 2.05) is 0 Å². The summed E-state index contributed by atoms with van der Waals surface area (Å²) >= 11 is 0. The third kappa shape index (κ3) is 12.2. The molecule has 2 aliphatic heterocycles. The van der Waals surface area contributed by atoms with Crippen LogP contribution in [0, 0.1) is 0 Å². The summed E-state index contributed by atoms with van der Waals surface area (Å²) in [6.45, 7) is -1.50. The topological polar surface area (TPSA) is 234 Å². The average Bonchev–Trinajstić information content (AvgIpc) is 3.75. The third-order valence-corrected chi connectivity index (χ3v) is 9.48. The van der Waals surface area contributed by atoms with Gasteiger partial charge in [-0.1, -0.05) is 48.5 Å². The Kier molecular flexibility index (Phi) is 16.9. The minimum atomic E-state index is -2.02. The van der Waals surface area contributed by atoms with Crippen molar-refractivity contribution in [1.29, 1.82) is 0 Å². The van der Waals surface area contributed by atoms with Gasteiger partial charge in [0, 0.05) is 7.11 Å². The molecular formula is C43H44F2O16. The molecule has 5 N–H and O–H groups in total. The fourth-order valence-electron chi connectivity index (χ4n) is 5.97. The number of benzene rings is 4. The van der Waals surface area contributed by atoms with Crippen LogP contribution in [0.1, 0.15) is 63.7 Å². The number of halogens is 2. The monoisotopic (exact) mass is 854 g/mol. The molecule has 16 nitrogen and oxygen atoms in total. The maximum absolute atomic E-state index is 14.7. The fourth-order valence-corrected chi connectivity index (χ4v) is 5.97. The van der Waals surface area contributed by atoms with Gasteiger partial charge in [0.2, 0.25) is 0 Å². The maximum atomic E-state index is 14.7. The van der Waals surface area contributed by atoms with Crippen molar-refractivity contribution in [2.45, 2.75) is 75.8 Å². The van der Waals surface area contributed by atoms with Crippen molar-refractivity contribution in [2.75, 3.05) is 20.3 Å². The Balaban J connectivity index is 0.000000231. The van der Waals surface area contributed by atoms with Crippen molar-refractivity contribution >= 4 is 23.9 Å². The summed E-state index contributed by atoms with van der Waals surface area (Å²) in [6, 6.07) is 24.0. The zero-order chi connectivity index (χ0) is 44.1. The molecule has 2 heterocycles. The lowest BCUT2D eigenvalue weighted by Gasteiger charge is -2.19. The highest BCUT2D eigenvalue weighted by Gasteiger charge is 2.49. The number of aliphatic hydroxyl groups excluding tert-OH is 5. The van der Waals surface area contributed by atoms with Crippen LogP contribution in [0.2, 0.25) is 0 Å². The van der Waals surface area contributed by atoms with E-state index in [2.05, 4.69) is 0 Å². The maximum Gasteiger partial charge on any atom is 0.338 e. The predicted octanol–water partition coefficient (Wildman–Crippen LogP) is 2.87. The number of hydrogen-bond acceptors (Lipinski definition) is 16. The van der Waals surface area contributed by atoms with Crippen molar-refractivity contribution < 1.29 is 86.6 Å². The standard InChI is InChI=1S/C22H23FO8.C21H21FO8/c1-28-22-18(23)19(31-21(27)16-8-4-14(11-25)5-9-16)17(30-22)12-29-20(26)15-6-2-13(10-24)3-7-15;22-17-18(30-20(26)15-7-3-13(10-24)4-8-15)16(29-21(17)27)11-28-19(25)14-5-1-12(9-23)2-6-14/h2-9,17-19,22,24-25H,10-12H2,1H3;1-8,16-18,21,23-24,27H,9-11H2/t17-,18+,19-,22?;16-,17+,18-,21?/m11/s1. The number of carbonyl (C=O) groups excluding carboxylic acids is 4. The molecule has 4 aromatic carbocycles. The molecule has 0 aromatic heterocycles. The van der Waals surface area contributed by atoms with Gasteiger partial charge in [-0.25, -0.2) is 28.0 Å². The third-order valence-electron chi connectivity index (χ3n) is 9.48. The van der Waals surface area contributed by atoms with E-state index in [0.717, 1.165) is 0 Å².